The predicted molar refractivity (Wildman–Crippen MR) is 179 cm³/mol. The summed E-state index contributed by atoms with van der Waals surface area (Å²) in [6.07, 6.45) is 0. The molecule has 0 spiro atoms. The molecular formula is C31H34BIN2O4SSi. The van der Waals surface area contributed by atoms with Crippen molar-refractivity contribution in [3.63, 3.8) is 0 Å². The van der Waals surface area contributed by atoms with Gasteiger partial charge in [0.05, 0.1) is 11.1 Å². The molecular weight excluding hydrogens is 662 g/mol. The molecule has 0 aromatic heterocycles. The van der Waals surface area contributed by atoms with Crippen molar-refractivity contribution in [2.75, 3.05) is 18.9 Å². The Morgan fingerprint density at radius 2 is 1.41 bits per heavy atom. The second-order valence-electron chi connectivity index (χ2n) is 11.0. The van der Waals surface area contributed by atoms with Gasteiger partial charge in [0.1, 0.15) is 25.6 Å². The van der Waals surface area contributed by atoms with Gasteiger partial charge in [-0.05, 0) is 75.6 Å². The summed E-state index contributed by atoms with van der Waals surface area (Å²) in [5.41, 5.74) is 6.50. The quantitative estimate of drug-likeness (QED) is 0.187. The average Bonchev–Trinajstić information content (AvgIpc) is 3.49. The fourth-order valence-corrected chi connectivity index (χ4v) is 4.64. The average molecular weight is 696 g/mol. The molecule has 212 valence electrons. The zero-order valence-corrected chi connectivity index (χ0v) is 28.0. The van der Waals surface area contributed by atoms with Crippen LogP contribution in [0.5, 0.6) is 5.75 Å². The second kappa shape index (κ2) is 14.6. The molecule has 41 heavy (non-hydrogen) atoms. The van der Waals surface area contributed by atoms with E-state index in [1.165, 1.54) is 14.5 Å². The molecule has 0 N–H and O–H groups in total. The van der Waals surface area contributed by atoms with Gasteiger partial charge in [-0.25, -0.2) is 9.98 Å². The summed E-state index contributed by atoms with van der Waals surface area (Å²) in [7, 11) is 2.39. The van der Waals surface area contributed by atoms with Crippen molar-refractivity contribution in [1.82, 2.24) is 0 Å². The summed E-state index contributed by atoms with van der Waals surface area (Å²) < 4.78 is 27.3. The Morgan fingerprint density at radius 3 is 1.90 bits per heavy atom. The molecule has 2 aliphatic rings. The van der Waals surface area contributed by atoms with E-state index >= 15 is 0 Å². The Hall–Kier alpha value is -2.44. The molecule has 3 aromatic carbocycles. The van der Waals surface area contributed by atoms with Crippen LogP contribution in [0.4, 0.5) is 0 Å². The zero-order valence-electron chi connectivity index (χ0n) is 24.1. The Balaban J connectivity index is 0.000000711. The molecule has 0 unspecified atom stereocenters. The summed E-state index contributed by atoms with van der Waals surface area (Å²) in [6.45, 7) is 12.0. The van der Waals surface area contributed by atoms with Crippen LogP contribution in [-0.2, 0) is 20.8 Å². The molecule has 0 amide bonds. The van der Waals surface area contributed by atoms with Crippen molar-refractivity contribution in [2.45, 2.75) is 52.3 Å². The van der Waals surface area contributed by atoms with Gasteiger partial charge in [0, 0.05) is 22.1 Å². The molecule has 5 rings (SSSR count). The fourth-order valence-electron chi connectivity index (χ4n) is 4.15. The van der Waals surface area contributed by atoms with E-state index in [0.29, 0.717) is 37.3 Å². The fraction of sp³-hybridized carbons (Fsp3) is 0.355. The predicted octanol–water partition coefficient (Wildman–Crippen LogP) is 7.05. The van der Waals surface area contributed by atoms with Crippen LogP contribution < -0.4 is 4.74 Å². The molecule has 0 aliphatic carbocycles. The smallest absolute Gasteiger partial charge is 0 e. The van der Waals surface area contributed by atoms with Gasteiger partial charge in [-0.15, -0.1) is 0 Å². The van der Waals surface area contributed by atoms with Gasteiger partial charge in [0.15, 0.2) is 0 Å². The van der Waals surface area contributed by atoms with E-state index < -0.39 is 0 Å². The van der Waals surface area contributed by atoms with Crippen molar-refractivity contribution in [3.05, 3.63) is 89.0 Å². The van der Waals surface area contributed by atoms with Crippen LogP contribution in [0.2, 0.25) is 0 Å². The minimum atomic E-state index is -0.253. The summed E-state index contributed by atoms with van der Waals surface area (Å²) in [5, 5.41) is 0. The van der Waals surface area contributed by atoms with Crippen LogP contribution in [0.25, 0.3) is 11.1 Å². The maximum absolute atomic E-state index is 9.38. The third-order valence-corrected chi connectivity index (χ3v) is 7.60. The van der Waals surface area contributed by atoms with Gasteiger partial charge < -0.3 is 14.2 Å². The Bertz CT molecular complexity index is 1400. The molecule has 6 nitrogen and oxygen atoms in total. The second-order valence-corrected chi connectivity index (χ2v) is 13.5. The molecule has 10 heteroatoms. The van der Waals surface area contributed by atoms with Crippen LogP contribution >= 0.6 is 30.1 Å². The van der Waals surface area contributed by atoms with E-state index in [-0.39, 0.29) is 22.0 Å². The molecule has 0 saturated heterocycles. The summed E-state index contributed by atoms with van der Waals surface area (Å²) in [5.74, 6) is 2.13. The summed E-state index contributed by atoms with van der Waals surface area (Å²) in [6, 6.07) is 22.9. The number of nitrogens with zero attached hydrogens (tertiary/aromatic N) is 2. The van der Waals surface area contributed by atoms with Crippen molar-refractivity contribution in [1.29, 1.82) is 0 Å². The number of halogens is 1. The Kier molecular flexibility index (Phi) is 11.8. The molecule has 3 aromatic rings. The third kappa shape index (κ3) is 9.28. The van der Waals surface area contributed by atoms with Crippen LogP contribution in [0, 0.1) is 6.92 Å². The number of aryl methyl sites for hydroxylation is 1. The van der Waals surface area contributed by atoms with E-state index in [1.807, 2.05) is 12.1 Å². The van der Waals surface area contributed by atoms with Gasteiger partial charge in [0.2, 0.25) is 11.8 Å². The number of benzene rings is 3. The van der Waals surface area contributed by atoms with E-state index in [9.17, 15) is 4.70 Å². The summed E-state index contributed by atoms with van der Waals surface area (Å²) >= 11 is 2.07. The third-order valence-electron chi connectivity index (χ3n) is 6.26. The maximum atomic E-state index is 9.38. The standard InChI is InChI=1S/C30H32N2O3.CH2BIOS.Si/c1-20-6-8-21(9-7-20)17-33-24-13-10-22(11-14-24)23-12-15-25(27-31-29(2,3)18-34-27)26(16-23)28-32-30(4,5)19-35-28;3-5-1-2-4;/h6-16H,17-19H2,1-5H3;1H2;. The largest absolute Gasteiger partial charge is 0 e. The Morgan fingerprint density at radius 1 is 0.854 bits per heavy atom. The normalized spacial score (nSPS) is 16.0. The first kappa shape index (κ1) is 33.1. The van der Waals surface area contributed by atoms with E-state index in [4.69, 9.17) is 24.2 Å². The van der Waals surface area contributed by atoms with Crippen LogP contribution in [0.3, 0.4) is 0 Å². The number of hydrogen-bond donors (Lipinski definition) is 0. The van der Waals surface area contributed by atoms with Gasteiger partial charge in [-0.1, -0.05) is 48.0 Å². The van der Waals surface area contributed by atoms with Crippen molar-refractivity contribution >= 4 is 60.0 Å². The number of hydrogen-bond acceptors (Lipinski definition) is 7. The number of ether oxygens (including phenoxy) is 3. The monoisotopic (exact) mass is 696 g/mol. The minimum absolute atomic E-state index is 0. The van der Waals surface area contributed by atoms with E-state index in [2.05, 4.69) is 110 Å². The SMILES string of the molecule is Cc1ccc(COc2ccc(-c3ccc(C4=NC(C)(C)CO4)c(C4=NC(C)(C)CO4)c3)cc2)cc1.O=BCSI.[Si]. The van der Waals surface area contributed by atoms with Crippen LogP contribution in [-0.4, -0.2) is 59.9 Å². The molecule has 4 radical (unpaired) electrons. The number of aliphatic imine (C=N–C) groups is 2. The van der Waals surface area contributed by atoms with Crippen LogP contribution in [0.1, 0.15) is 49.9 Å². The van der Waals surface area contributed by atoms with Crippen molar-refractivity contribution in [2.24, 2.45) is 9.98 Å². The van der Waals surface area contributed by atoms with E-state index in [1.54, 1.807) is 0 Å². The van der Waals surface area contributed by atoms with Crippen LogP contribution in [0.15, 0.2) is 76.7 Å². The molecule has 0 saturated carbocycles. The van der Waals surface area contributed by atoms with Crippen molar-refractivity contribution in [3.8, 4) is 16.9 Å². The first-order valence-corrected chi connectivity index (χ1v) is 16.7. The Labute approximate surface area is 264 Å². The maximum Gasteiger partial charge on any atom is 0 e. The molecule has 2 aliphatic heterocycles. The molecule has 0 bridgehead atoms. The number of rotatable bonds is 8. The van der Waals surface area contributed by atoms with Gasteiger partial charge in [-0.2, -0.15) is 0 Å². The van der Waals surface area contributed by atoms with Gasteiger partial charge in [-0.3, -0.25) is 0 Å². The first-order valence-electron chi connectivity index (χ1n) is 13.2. The van der Waals surface area contributed by atoms with Gasteiger partial charge in [0.25, 0.3) is 0 Å². The van der Waals surface area contributed by atoms with E-state index in [0.717, 1.165) is 40.7 Å². The summed E-state index contributed by atoms with van der Waals surface area (Å²) in [4.78, 5) is 9.62. The minimum Gasteiger partial charge on any atom is 0 e. The van der Waals surface area contributed by atoms with Crippen molar-refractivity contribution < 1.29 is 18.9 Å². The zero-order chi connectivity index (χ0) is 28.8. The molecule has 0 fully saturated rings. The molecule has 2 heterocycles. The molecule has 0 atom stereocenters. The topological polar surface area (TPSA) is 69.5 Å². The van der Waals surface area contributed by atoms with Gasteiger partial charge >= 0.3 is 47.6 Å². The first-order chi connectivity index (χ1) is 19.1.